The van der Waals surface area contributed by atoms with Gasteiger partial charge in [-0.3, -0.25) is 4.90 Å². The molecule has 0 spiro atoms. The van der Waals surface area contributed by atoms with E-state index in [0.29, 0.717) is 0 Å². The van der Waals surface area contributed by atoms with Crippen LogP contribution in [0.5, 0.6) is 0 Å². The highest BCUT2D eigenvalue weighted by molar-refractivity contribution is 14.0. The summed E-state index contributed by atoms with van der Waals surface area (Å²) in [7, 11) is 0. The molecule has 2 saturated heterocycles. The molecule has 1 aromatic rings. The van der Waals surface area contributed by atoms with E-state index in [1.54, 1.807) is 0 Å². The first-order valence-corrected chi connectivity index (χ1v) is 7.39. The Balaban J connectivity index is 0.00000133. The Morgan fingerprint density at radius 2 is 1.79 bits per heavy atom. The normalized spacial score (nSPS) is 27.8. The minimum atomic E-state index is 0. The molecule has 1 aromatic carbocycles. The fraction of sp³-hybridized carbons (Fsp3) is 0.625. The van der Waals surface area contributed by atoms with Crippen molar-refractivity contribution in [3.8, 4) is 0 Å². The maximum atomic E-state index is 2.77. The van der Waals surface area contributed by atoms with Crippen LogP contribution in [0.1, 0.15) is 31.7 Å². The van der Waals surface area contributed by atoms with Crippen molar-refractivity contribution in [1.82, 2.24) is 9.80 Å². The summed E-state index contributed by atoms with van der Waals surface area (Å²) in [5.41, 5.74) is 1.47. The van der Waals surface area contributed by atoms with Gasteiger partial charge in [-0.2, -0.15) is 0 Å². The third-order valence-electron chi connectivity index (χ3n) is 4.67. The molecule has 2 atom stereocenters. The van der Waals surface area contributed by atoms with Crippen LogP contribution in [0.3, 0.4) is 0 Å². The SMILES string of the molecule is CCN1CCC2CCC(C1)N2Cc1ccccc1.I. The highest BCUT2D eigenvalue weighted by atomic mass is 127. The number of likely N-dealkylation sites (tertiary alicyclic amines) is 1. The van der Waals surface area contributed by atoms with Gasteiger partial charge in [0.15, 0.2) is 0 Å². The van der Waals surface area contributed by atoms with Crippen molar-refractivity contribution in [2.75, 3.05) is 19.6 Å². The Bertz CT molecular complexity index is 382. The Labute approximate surface area is 134 Å². The molecule has 0 aromatic heterocycles. The fourth-order valence-electron chi connectivity index (χ4n) is 3.58. The first kappa shape index (κ1) is 15.3. The van der Waals surface area contributed by atoms with Gasteiger partial charge in [-0.15, -0.1) is 24.0 Å². The van der Waals surface area contributed by atoms with Crippen molar-refractivity contribution in [1.29, 1.82) is 0 Å². The van der Waals surface area contributed by atoms with Crippen LogP contribution in [-0.4, -0.2) is 41.5 Å². The summed E-state index contributed by atoms with van der Waals surface area (Å²) in [6.07, 6.45) is 4.17. The van der Waals surface area contributed by atoms with Crippen molar-refractivity contribution >= 4 is 24.0 Å². The lowest BCUT2D eigenvalue weighted by Gasteiger charge is -2.28. The summed E-state index contributed by atoms with van der Waals surface area (Å²) in [4.78, 5) is 5.40. The predicted molar refractivity (Wildman–Crippen MR) is 90.9 cm³/mol. The highest BCUT2D eigenvalue weighted by Gasteiger charge is 2.36. The number of fused-ring (bicyclic) bond motifs is 2. The molecule has 0 saturated carbocycles. The van der Waals surface area contributed by atoms with Crippen molar-refractivity contribution in [3.63, 3.8) is 0 Å². The van der Waals surface area contributed by atoms with E-state index >= 15 is 0 Å². The smallest absolute Gasteiger partial charge is 0.0240 e. The molecule has 0 radical (unpaired) electrons. The summed E-state index contributed by atoms with van der Waals surface area (Å²) >= 11 is 0. The van der Waals surface area contributed by atoms with Crippen molar-refractivity contribution < 1.29 is 0 Å². The zero-order chi connectivity index (χ0) is 12.4. The third kappa shape index (κ3) is 3.50. The van der Waals surface area contributed by atoms with E-state index in [2.05, 4.69) is 47.1 Å². The molecule has 0 amide bonds. The van der Waals surface area contributed by atoms with Crippen molar-refractivity contribution in [2.24, 2.45) is 0 Å². The van der Waals surface area contributed by atoms with E-state index in [0.717, 1.165) is 18.6 Å². The van der Waals surface area contributed by atoms with Gasteiger partial charge in [-0.05, 0) is 37.9 Å². The summed E-state index contributed by atoms with van der Waals surface area (Å²) in [5.74, 6) is 0. The third-order valence-corrected chi connectivity index (χ3v) is 4.67. The summed E-state index contributed by atoms with van der Waals surface area (Å²) in [5, 5.41) is 0. The molecule has 2 bridgehead atoms. The summed E-state index contributed by atoms with van der Waals surface area (Å²) < 4.78 is 0. The maximum absolute atomic E-state index is 2.77. The molecule has 3 rings (SSSR count). The lowest BCUT2D eigenvalue weighted by Crippen LogP contribution is -2.38. The zero-order valence-corrected chi connectivity index (χ0v) is 14.1. The number of hydrogen-bond acceptors (Lipinski definition) is 2. The number of halogens is 1. The van der Waals surface area contributed by atoms with Crippen LogP contribution in [-0.2, 0) is 6.54 Å². The van der Waals surface area contributed by atoms with Gasteiger partial charge in [0.1, 0.15) is 0 Å². The molecule has 0 aliphatic carbocycles. The molecule has 2 unspecified atom stereocenters. The topological polar surface area (TPSA) is 6.48 Å². The van der Waals surface area contributed by atoms with Crippen LogP contribution >= 0.6 is 24.0 Å². The van der Waals surface area contributed by atoms with Crippen LogP contribution in [0.2, 0.25) is 0 Å². The van der Waals surface area contributed by atoms with Crippen LogP contribution in [0.4, 0.5) is 0 Å². The minimum Gasteiger partial charge on any atom is -0.302 e. The van der Waals surface area contributed by atoms with E-state index < -0.39 is 0 Å². The van der Waals surface area contributed by atoms with E-state index in [-0.39, 0.29) is 24.0 Å². The first-order chi connectivity index (χ1) is 8.86. The van der Waals surface area contributed by atoms with Gasteiger partial charge >= 0.3 is 0 Å². The second kappa shape index (κ2) is 7.04. The lowest BCUT2D eigenvalue weighted by atomic mass is 10.1. The van der Waals surface area contributed by atoms with E-state index in [9.17, 15) is 0 Å². The van der Waals surface area contributed by atoms with Crippen LogP contribution in [0.25, 0.3) is 0 Å². The molecule has 0 N–H and O–H groups in total. The molecule has 19 heavy (non-hydrogen) atoms. The van der Waals surface area contributed by atoms with Crippen molar-refractivity contribution in [3.05, 3.63) is 35.9 Å². The summed E-state index contributed by atoms with van der Waals surface area (Å²) in [6.45, 7) is 7.22. The second-order valence-electron chi connectivity index (χ2n) is 5.72. The molecule has 3 heteroatoms. The largest absolute Gasteiger partial charge is 0.302 e. The second-order valence-corrected chi connectivity index (χ2v) is 5.72. The van der Waals surface area contributed by atoms with Gasteiger partial charge in [0.2, 0.25) is 0 Å². The molecule has 2 aliphatic heterocycles. The molecule has 2 nitrogen and oxygen atoms in total. The predicted octanol–water partition coefficient (Wildman–Crippen LogP) is 3.36. The highest BCUT2D eigenvalue weighted by Crippen LogP contribution is 2.31. The number of likely N-dealkylation sites (N-methyl/N-ethyl adjacent to an activating group) is 1. The Morgan fingerprint density at radius 3 is 2.53 bits per heavy atom. The van der Waals surface area contributed by atoms with Gasteiger partial charge in [-0.25, -0.2) is 0 Å². The number of hydrogen-bond donors (Lipinski definition) is 0. The molecule has 106 valence electrons. The monoisotopic (exact) mass is 372 g/mol. The zero-order valence-electron chi connectivity index (χ0n) is 11.8. The minimum absolute atomic E-state index is 0. The van der Waals surface area contributed by atoms with Crippen LogP contribution in [0, 0.1) is 0 Å². The molecule has 2 aliphatic rings. The van der Waals surface area contributed by atoms with Gasteiger partial charge in [0, 0.05) is 25.2 Å². The van der Waals surface area contributed by atoms with Crippen molar-refractivity contribution in [2.45, 2.75) is 44.8 Å². The van der Waals surface area contributed by atoms with E-state index in [1.165, 1.54) is 44.5 Å². The Hall–Kier alpha value is -0.130. The van der Waals surface area contributed by atoms with Gasteiger partial charge in [0.05, 0.1) is 0 Å². The van der Waals surface area contributed by atoms with Gasteiger partial charge in [-0.1, -0.05) is 37.3 Å². The van der Waals surface area contributed by atoms with E-state index in [1.807, 2.05) is 0 Å². The average Bonchev–Trinajstić information content (AvgIpc) is 2.66. The van der Waals surface area contributed by atoms with Gasteiger partial charge < -0.3 is 4.90 Å². The fourth-order valence-corrected chi connectivity index (χ4v) is 3.58. The molecular weight excluding hydrogens is 347 g/mol. The lowest BCUT2D eigenvalue weighted by molar-refractivity contribution is 0.179. The standard InChI is InChI=1S/C16H24N2.HI/c1-2-17-11-10-15-8-9-16(13-17)18(15)12-14-6-4-3-5-7-14;/h3-7,15-16H,2,8-13H2,1H3;1H. The number of rotatable bonds is 3. The Morgan fingerprint density at radius 1 is 1.05 bits per heavy atom. The number of nitrogens with zero attached hydrogens (tertiary/aromatic N) is 2. The maximum Gasteiger partial charge on any atom is 0.0240 e. The van der Waals surface area contributed by atoms with E-state index in [4.69, 9.17) is 0 Å². The Kier molecular flexibility index (Phi) is 5.66. The molecule has 2 fully saturated rings. The van der Waals surface area contributed by atoms with Crippen LogP contribution < -0.4 is 0 Å². The average molecular weight is 372 g/mol. The first-order valence-electron chi connectivity index (χ1n) is 7.39. The molecule has 2 heterocycles. The quantitative estimate of drug-likeness (QED) is 0.751. The van der Waals surface area contributed by atoms with Crippen LogP contribution in [0.15, 0.2) is 30.3 Å². The van der Waals surface area contributed by atoms with Gasteiger partial charge in [0.25, 0.3) is 0 Å². The molecular formula is C16H25IN2. The summed E-state index contributed by atoms with van der Waals surface area (Å²) in [6, 6.07) is 12.6. The number of benzene rings is 1.